The van der Waals surface area contributed by atoms with E-state index in [-0.39, 0.29) is 0 Å². The van der Waals surface area contributed by atoms with Crippen molar-refractivity contribution in [2.75, 3.05) is 20.6 Å². The van der Waals surface area contributed by atoms with Gasteiger partial charge in [0.05, 0.1) is 0 Å². The first-order valence-corrected chi connectivity index (χ1v) is 8.03. The molecule has 0 fully saturated rings. The summed E-state index contributed by atoms with van der Waals surface area (Å²) in [6, 6.07) is 10.6. The first kappa shape index (κ1) is 17.1. The average Bonchev–Trinajstić information content (AvgIpc) is 3.03. The molecule has 0 spiro atoms. The number of guanidine groups is 1. The van der Waals surface area contributed by atoms with Gasteiger partial charge >= 0.3 is 0 Å². The normalized spacial score (nSPS) is 13.0. The summed E-state index contributed by atoms with van der Waals surface area (Å²) >= 11 is 0. The molecule has 5 nitrogen and oxygen atoms in total. The maximum Gasteiger partial charge on any atom is 0.193 e. The van der Waals surface area contributed by atoms with E-state index in [1.165, 1.54) is 11.1 Å². The second-order valence-electron chi connectivity index (χ2n) is 6.10. The molecule has 1 aromatic heterocycles. The summed E-state index contributed by atoms with van der Waals surface area (Å²) in [6.07, 6.45) is 3.81. The summed E-state index contributed by atoms with van der Waals surface area (Å²) in [5, 5.41) is 7.70. The monoisotopic (exact) mass is 313 g/mol. The summed E-state index contributed by atoms with van der Waals surface area (Å²) in [5.74, 6) is 1.39. The third-order valence-electron chi connectivity index (χ3n) is 3.78. The van der Waals surface area contributed by atoms with Crippen molar-refractivity contribution in [1.29, 1.82) is 0 Å². The van der Waals surface area contributed by atoms with Gasteiger partial charge < -0.3 is 10.2 Å². The molecule has 0 aliphatic heterocycles. The lowest BCUT2D eigenvalue weighted by molar-refractivity contribution is 0.423. The van der Waals surface area contributed by atoms with Crippen molar-refractivity contribution in [3.05, 3.63) is 53.9 Å². The van der Waals surface area contributed by atoms with E-state index in [4.69, 9.17) is 0 Å². The van der Waals surface area contributed by atoms with Crippen LogP contribution >= 0.6 is 0 Å². The second-order valence-corrected chi connectivity index (χ2v) is 6.10. The number of aromatic nitrogens is 2. The molecule has 23 heavy (non-hydrogen) atoms. The Labute approximate surface area is 139 Å². The van der Waals surface area contributed by atoms with Gasteiger partial charge in [-0.25, -0.2) is 0 Å². The zero-order valence-electron chi connectivity index (χ0n) is 14.5. The van der Waals surface area contributed by atoms with Gasteiger partial charge in [-0.2, -0.15) is 5.10 Å². The molecule has 0 saturated heterocycles. The Balaban J connectivity index is 1.83. The quantitative estimate of drug-likeness (QED) is 0.658. The minimum Gasteiger partial charge on any atom is -0.356 e. The van der Waals surface area contributed by atoms with E-state index in [0.29, 0.717) is 5.92 Å². The van der Waals surface area contributed by atoms with Gasteiger partial charge in [0.15, 0.2) is 5.96 Å². The van der Waals surface area contributed by atoms with Crippen LogP contribution in [-0.2, 0) is 13.1 Å². The molecule has 1 heterocycles. The standard InChI is InChI=1S/C18H27N5/c1-15-6-8-17(9-7-15)14-22(4)18(19-3)20-12-16(2)13-23-11-5-10-21-23/h5-11,16H,12-14H2,1-4H3,(H,19,20). The highest BCUT2D eigenvalue weighted by Crippen LogP contribution is 2.06. The fourth-order valence-corrected chi connectivity index (χ4v) is 2.48. The lowest BCUT2D eigenvalue weighted by Gasteiger charge is -2.23. The number of hydrogen-bond donors (Lipinski definition) is 1. The van der Waals surface area contributed by atoms with Gasteiger partial charge in [0.25, 0.3) is 0 Å². The Kier molecular flexibility index (Phi) is 6.20. The predicted octanol–water partition coefficient (Wildman–Crippen LogP) is 2.54. The third-order valence-corrected chi connectivity index (χ3v) is 3.78. The first-order valence-electron chi connectivity index (χ1n) is 8.03. The van der Waals surface area contributed by atoms with Crippen LogP contribution < -0.4 is 5.32 Å². The Morgan fingerprint density at radius 1 is 1.35 bits per heavy atom. The maximum atomic E-state index is 4.38. The van der Waals surface area contributed by atoms with E-state index in [9.17, 15) is 0 Å². The molecule has 1 N–H and O–H groups in total. The fourth-order valence-electron chi connectivity index (χ4n) is 2.48. The number of aliphatic imine (C=N–C) groups is 1. The average molecular weight is 313 g/mol. The lowest BCUT2D eigenvalue weighted by atomic mass is 10.1. The Hall–Kier alpha value is -2.30. The summed E-state index contributed by atoms with van der Waals surface area (Å²) in [6.45, 7) is 6.92. The second kappa shape index (κ2) is 8.36. The van der Waals surface area contributed by atoms with E-state index in [1.807, 2.05) is 30.2 Å². The van der Waals surface area contributed by atoms with Crippen LogP contribution in [0.3, 0.4) is 0 Å². The van der Waals surface area contributed by atoms with Crippen LogP contribution in [0.5, 0.6) is 0 Å². The van der Waals surface area contributed by atoms with Crippen LogP contribution in [0, 0.1) is 12.8 Å². The number of rotatable bonds is 6. The van der Waals surface area contributed by atoms with E-state index in [2.05, 4.69) is 65.5 Å². The molecule has 1 unspecified atom stereocenters. The van der Waals surface area contributed by atoms with Gasteiger partial charge in [-0.3, -0.25) is 9.67 Å². The maximum absolute atomic E-state index is 4.38. The predicted molar refractivity (Wildman–Crippen MR) is 95.4 cm³/mol. The van der Waals surface area contributed by atoms with Crippen LogP contribution in [0.1, 0.15) is 18.1 Å². The molecule has 0 saturated carbocycles. The molecule has 1 aromatic carbocycles. The molecule has 0 amide bonds. The molecule has 124 valence electrons. The van der Waals surface area contributed by atoms with E-state index < -0.39 is 0 Å². The van der Waals surface area contributed by atoms with Crippen LogP contribution in [0.2, 0.25) is 0 Å². The first-order chi connectivity index (χ1) is 11.1. The summed E-state index contributed by atoms with van der Waals surface area (Å²) in [5.41, 5.74) is 2.57. The Morgan fingerprint density at radius 3 is 2.70 bits per heavy atom. The zero-order valence-corrected chi connectivity index (χ0v) is 14.5. The summed E-state index contributed by atoms with van der Waals surface area (Å²) in [7, 11) is 3.89. The van der Waals surface area contributed by atoms with Crippen LogP contribution in [0.4, 0.5) is 0 Å². The number of nitrogens with zero attached hydrogens (tertiary/aromatic N) is 4. The van der Waals surface area contributed by atoms with Gasteiger partial charge in [-0.15, -0.1) is 0 Å². The van der Waals surface area contributed by atoms with Gasteiger partial charge in [-0.05, 0) is 24.5 Å². The van der Waals surface area contributed by atoms with Crippen molar-refractivity contribution in [2.24, 2.45) is 10.9 Å². The van der Waals surface area contributed by atoms with Gasteiger partial charge in [-0.1, -0.05) is 36.8 Å². The fraction of sp³-hybridized carbons (Fsp3) is 0.444. The smallest absolute Gasteiger partial charge is 0.193 e. The van der Waals surface area contributed by atoms with Gasteiger partial charge in [0.1, 0.15) is 0 Å². The number of aryl methyl sites for hydroxylation is 1. The summed E-state index contributed by atoms with van der Waals surface area (Å²) in [4.78, 5) is 6.52. The van der Waals surface area contributed by atoms with Crippen LogP contribution in [-0.4, -0.2) is 41.3 Å². The highest BCUT2D eigenvalue weighted by molar-refractivity contribution is 5.79. The van der Waals surface area contributed by atoms with E-state index >= 15 is 0 Å². The van der Waals surface area contributed by atoms with Gasteiger partial charge in [0.2, 0.25) is 0 Å². The number of hydrogen-bond acceptors (Lipinski definition) is 2. The third kappa shape index (κ3) is 5.43. The minimum atomic E-state index is 0.472. The highest BCUT2D eigenvalue weighted by atomic mass is 15.3. The van der Waals surface area contributed by atoms with Crippen molar-refractivity contribution < 1.29 is 0 Å². The molecule has 0 aliphatic carbocycles. The lowest BCUT2D eigenvalue weighted by Crippen LogP contribution is -2.40. The molecular weight excluding hydrogens is 286 g/mol. The van der Waals surface area contributed by atoms with Gasteiger partial charge in [0, 0.05) is 46.1 Å². The van der Waals surface area contributed by atoms with Crippen molar-refractivity contribution in [3.8, 4) is 0 Å². The molecular formula is C18H27N5. The molecule has 2 rings (SSSR count). The highest BCUT2D eigenvalue weighted by Gasteiger charge is 2.09. The summed E-state index contributed by atoms with van der Waals surface area (Å²) < 4.78 is 1.96. The van der Waals surface area contributed by atoms with Crippen LogP contribution in [0.15, 0.2) is 47.7 Å². The van der Waals surface area contributed by atoms with E-state index in [1.54, 1.807) is 0 Å². The number of benzene rings is 1. The zero-order chi connectivity index (χ0) is 16.7. The van der Waals surface area contributed by atoms with Crippen molar-refractivity contribution >= 4 is 5.96 Å². The van der Waals surface area contributed by atoms with E-state index in [0.717, 1.165) is 25.6 Å². The minimum absolute atomic E-state index is 0.472. The topological polar surface area (TPSA) is 45.5 Å². The molecule has 2 aromatic rings. The Morgan fingerprint density at radius 2 is 2.09 bits per heavy atom. The largest absolute Gasteiger partial charge is 0.356 e. The van der Waals surface area contributed by atoms with Crippen molar-refractivity contribution in [2.45, 2.75) is 26.9 Å². The number of nitrogens with one attached hydrogen (secondary N) is 1. The molecule has 0 bridgehead atoms. The Bertz CT molecular complexity index is 601. The molecule has 0 radical (unpaired) electrons. The van der Waals surface area contributed by atoms with Crippen molar-refractivity contribution in [3.63, 3.8) is 0 Å². The molecule has 0 aliphatic rings. The SMILES string of the molecule is CN=C(NCC(C)Cn1cccn1)N(C)Cc1ccc(C)cc1. The van der Waals surface area contributed by atoms with Crippen LogP contribution in [0.25, 0.3) is 0 Å². The van der Waals surface area contributed by atoms with Crippen molar-refractivity contribution in [1.82, 2.24) is 20.0 Å². The molecule has 1 atom stereocenters. The molecule has 5 heteroatoms.